The van der Waals surface area contributed by atoms with Crippen LogP contribution >= 0.6 is 23.6 Å². The zero-order valence-corrected chi connectivity index (χ0v) is 33.0. The van der Waals surface area contributed by atoms with Crippen LogP contribution in [0.2, 0.25) is 0 Å². The van der Waals surface area contributed by atoms with E-state index in [-0.39, 0.29) is 64.6 Å². The standard InChI is InChI=1S/C19H19F3N3S.C18H11N3O6.CNS.Ru/c1-2-3-4-5-6-14-8-10-17(26-14)13-7-9-15(23-12-13)16-11-18(25-24-16)19(20,21)22;22-16(23)9-1-3-19-12(5-9)14-7-11(18(26)27)8-15(21-14)13-6-10(17(24)25)2-4-20-13;2-1-3;/h7-12H,2-6H2,1H3;1-8H,(H,22,23)(H,24,25)(H,26,27);;/q-1;;-1;+2. The van der Waals surface area contributed by atoms with Crippen LogP contribution in [-0.2, 0) is 32.1 Å². The molecule has 0 aromatic carbocycles. The van der Waals surface area contributed by atoms with Crippen LogP contribution in [0.3, 0.4) is 0 Å². The molecule has 0 spiro atoms. The summed E-state index contributed by atoms with van der Waals surface area (Å²) >= 11 is 5.44. The molecule has 0 amide bonds. The third kappa shape index (κ3) is 13.1. The second-order valence-electron chi connectivity index (χ2n) is 11.6. The number of isothiocyanates is 1. The van der Waals surface area contributed by atoms with Crippen molar-refractivity contribution >= 4 is 46.6 Å². The maximum atomic E-state index is 12.6. The van der Waals surface area contributed by atoms with E-state index in [1.54, 1.807) is 23.6 Å². The second kappa shape index (κ2) is 21.4. The molecule has 0 radical (unpaired) electrons. The van der Waals surface area contributed by atoms with Gasteiger partial charge in [0.2, 0.25) is 0 Å². The monoisotopic (exact) mass is 903 g/mol. The van der Waals surface area contributed by atoms with Gasteiger partial charge in [0.1, 0.15) is 5.69 Å². The summed E-state index contributed by atoms with van der Waals surface area (Å²) in [5.41, 5.74) is 0.844. The first-order valence-corrected chi connectivity index (χ1v) is 17.8. The summed E-state index contributed by atoms with van der Waals surface area (Å²) in [5, 5.41) is 42.8. The molecule has 6 aromatic rings. The second-order valence-corrected chi connectivity index (χ2v) is 13.0. The topological polar surface area (TPSA) is 213 Å². The van der Waals surface area contributed by atoms with Crippen LogP contribution in [0.25, 0.3) is 50.0 Å². The molecule has 0 atom stereocenters. The van der Waals surface area contributed by atoms with Gasteiger partial charge < -0.3 is 30.9 Å². The number of hydrogen-bond acceptors (Lipinski definition) is 10. The normalized spacial score (nSPS) is 10.5. The number of aryl methyl sites for hydroxylation is 1. The number of alkyl halides is 3. The summed E-state index contributed by atoms with van der Waals surface area (Å²) in [6.07, 6.45) is 5.76. The third-order valence-corrected chi connectivity index (χ3v) is 8.88. The van der Waals surface area contributed by atoms with Crippen molar-refractivity contribution in [1.82, 2.24) is 30.1 Å². The van der Waals surface area contributed by atoms with E-state index in [2.05, 4.69) is 61.4 Å². The van der Waals surface area contributed by atoms with Crippen molar-refractivity contribution < 1.29 is 62.4 Å². The number of carbonyl (C=O) groups is 3. The van der Waals surface area contributed by atoms with E-state index in [0.717, 1.165) is 22.9 Å². The Hall–Kier alpha value is -5.87. The zero-order chi connectivity index (χ0) is 40.8. The van der Waals surface area contributed by atoms with Gasteiger partial charge in [0, 0.05) is 39.6 Å². The molecule has 6 heterocycles. The number of nitrogens with zero attached hydrogens (tertiary/aromatic N) is 7. The maximum absolute atomic E-state index is 12.6. The summed E-state index contributed by atoms with van der Waals surface area (Å²) in [6, 6.07) is 16.3. The van der Waals surface area contributed by atoms with Crippen molar-refractivity contribution in [3.05, 3.63) is 118 Å². The molecule has 6 aromatic heterocycles. The Bertz CT molecular complexity index is 2270. The van der Waals surface area contributed by atoms with E-state index < -0.39 is 29.8 Å². The van der Waals surface area contributed by atoms with Gasteiger partial charge >= 0.3 is 43.6 Å². The number of unbranched alkanes of at least 4 members (excludes halogenated alkanes) is 3. The molecule has 0 saturated heterocycles. The van der Waals surface area contributed by atoms with Crippen LogP contribution in [0.5, 0.6) is 0 Å². The average Bonchev–Trinajstić information content (AvgIpc) is 3.89. The van der Waals surface area contributed by atoms with Crippen LogP contribution in [0, 0.1) is 0 Å². The average molecular weight is 903 g/mol. The molecule has 0 unspecified atom stereocenters. The summed E-state index contributed by atoms with van der Waals surface area (Å²) in [6.45, 7) is 2.20. The summed E-state index contributed by atoms with van der Waals surface area (Å²) < 4.78 is 37.8. The molecular formula is C38H30F3N7O6RuS2. The fourth-order valence-corrected chi connectivity index (χ4v) is 6.01. The van der Waals surface area contributed by atoms with Crippen LogP contribution < -0.4 is 5.10 Å². The molecule has 3 N–H and O–H groups in total. The first kappa shape index (κ1) is 45.5. The van der Waals surface area contributed by atoms with Crippen LogP contribution in [-0.4, -0.2) is 63.4 Å². The van der Waals surface area contributed by atoms with Crippen LogP contribution in [0.15, 0.2) is 85.3 Å². The first-order valence-electron chi connectivity index (χ1n) is 16.5. The number of carboxylic acids is 3. The maximum Gasteiger partial charge on any atom is 2.00 e. The number of thiophene rings is 1. The van der Waals surface area contributed by atoms with Gasteiger partial charge in [0.25, 0.3) is 0 Å². The van der Waals surface area contributed by atoms with Crippen molar-refractivity contribution in [2.45, 2.75) is 45.2 Å². The van der Waals surface area contributed by atoms with Gasteiger partial charge in [-0.1, -0.05) is 44.1 Å². The Morgan fingerprint density at radius 2 is 1.33 bits per heavy atom. The fraction of sp³-hybridized carbons (Fsp3) is 0.184. The van der Waals surface area contributed by atoms with Gasteiger partial charge in [-0.25, -0.2) is 19.4 Å². The molecule has 0 bridgehead atoms. The van der Waals surface area contributed by atoms with E-state index in [1.165, 1.54) is 84.5 Å². The van der Waals surface area contributed by atoms with E-state index in [9.17, 15) is 32.7 Å². The van der Waals surface area contributed by atoms with Crippen molar-refractivity contribution in [3.8, 4) is 44.6 Å². The van der Waals surface area contributed by atoms with E-state index in [0.29, 0.717) is 5.69 Å². The van der Waals surface area contributed by atoms with Crippen LogP contribution in [0.1, 0.15) is 74.3 Å². The number of hydrogen-bond donors (Lipinski definition) is 3. The van der Waals surface area contributed by atoms with E-state index >= 15 is 0 Å². The zero-order valence-electron chi connectivity index (χ0n) is 29.6. The van der Waals surface area contributed by atoms with Crippen molar-refractivity contribution in [2.24, 2.45) is 0 Å². The number of thiocarbonyl (C=S) groups is 1. The molecule has 294 valence electrons. The quantitative estimate of drug-likeness (QED) is 0.0454. The summed E-state index contributed by atoms with van der Waals surface area (Å²) in [5.74, 6) is -3.56. The molecule has 0 aliphatic carbocycles. The van der Waals surface area contributed by atoms with Crippen molar-refractivity contribution in [2.75, 3.05) is 0 Å². The minimum absolute atomic E-state index is 0. The Morgan fingerprint density at radius 3 is 1.81 bits per heavy atom. The van der Waals surface area contributed by atoms with Gasteiger partial charge in [-0.3, -0.25) is 15.0 Å². The Labute approximate surface area is 345 Å². The Balaban J connectivity index is 0.000000281. The van der Waals surface area contributed by atoms with Gasteiger partial charge in [0.05, 0.1) is 39.5 Å². The van der Waals surface area contributed by atoms with E-state index in [4.69, 9.17) is 15.6 Å². The molecule has 19 heteroatoms. The number of pyridine rings is 4. The molecule has 6 rings (SSSR count). The minimum Gasteiger partial charge on any atom is -0.753 e. The van der Waals surface area contributed by atoms with Gasteiger partial charge in [-0.05, 0) is 79.6 Å². The summed E-state index contributed by atoms with van der Waals surface area (Å²) in [7, 11) is 0. The van der Waals surface area contributed by atoms with Gasteiger partial charge in [-0.15, -0.1) is 11.3 Å². The Morgan fingerprint density at radius 1 is 0.772 bits per heavy atom. The molecule has 0 fully saturated rings. The predicted octanol–water partition coefficient (Wildman–Crippen LogP) is 8.93. The van der Waals surface area contributed by atoms with E-state index in [1.807, 2.05) is 6.07 Å². The third-order valence-electron chi connectivity index (χ3n) is 7.69. The molecule has 0 saturated carbocycles. The predicted molar refractivity (Wildman–Crippen MR) is 204 cm³/mol. The molecule has 13 nitrogen and oxygen atoms in total. The molecule has 57 heavy (non-hydrogen) atoms. The molecular weight excluding hydrogens is 873 g/mol. The fourth-order valence-electron chi connectivity index (χ4n) is 4.97. The minimum atomic E-state index is -4.49. The number of aromatic carboxylic acids is 3. The largest absolute Gasteiger partial charge is 2.00 e. The van der Waals surface area contributed by atoms with Crippen molar-refractivity contribution in [3.63, 3.8) is 0 Å². The number of aromatic nitrogens is 6. The molecule has 0 aliphatic rings. The number of rotatable bonds is 12. The summed E-state index contributed by atoms with van der Waals surface area (Å²) in [4.78, 5) is 52.8. The first-order chi connectivity index (χ1) is 26.7. The molecule has 0 aliphatic heterocycles. The van der Waals surface area contributed by atoms with Gasteiger partial charge in [0.15, 0.2) is 0 Å². The number of halogens is 3. The van der Waals surface area contributed by atoms with Crippen molar-refractivity contribution in [1.29, 1.82) is 0 Å². The van der Waals surface area contributed by atoms with Crippen LogP contribution in [0.4, 0.5) is 13.2 Å². The smallest absolute Gasteiger partial charge is 0.753 e. The SMILES string of the molecule is CCCCCCc1ccc(-c2ccc(-c3cc(C(F)(F)F)n[n-]3)nc2)s1.O=C(O)c1ccnc(-c2cc(C(=O)O)cc(-c3cc(C(=O)O)ccn3)n2)c1.[N-]=C=S.[Ru+2]. The Kier molecular flexibility index (Phi) is 17.1. The number of carboxylic acid groups (broad SMARTS) is 3. The van der Waals surface area contributed by atoms with Gasteiger partial charge in [-0.2, -0.15) is 18.3 Å².